The van der Waals surface area contributed by atoms with E-state index in [1.807, 2.05) is 49.2 Å². The Hall–Kier alpha value is -2.47. The molecule has 6 nitrogen and oxygen atoms in total. The van der Waals surface area contributed by atoms with Crippen molar-refractivity contribution in [2.24, 2.45) is 0 Å². The van der Waals surface area contributed by atoms with Crippen LogP contribution in [0, 0.1) is 0 Å². The lowest BCUT2D eigenvalue weighted by Gasteiger charge is -2.37. The summed E-state index contributed by atoms with van der Waals surface area (Å²) in [6, 6.07) is 11.6. The van der Waals surface area contributed by atoms with Crippen molar-refractivity contribution in [1.82, 2.24) is 10.2 Å². The molecule has 1 aromatic carbocycles. The van der Waals surface area contributed by atoms with E-state index in [1.165, 1.54) is 0 Å². The molecule has 3 rings (SSSR count). The first kappa shape index (κ1) is 18.3. The van der Waals surface area contributed by atoms with Gasteiger partial charge >= 0.3 is 0 Å². The molecule has 140 valence electrons. The van der Waals surface area contributed by atoms with E-state index in [0.717, 1.165) is 30.3 Å². The van der Waals surface area contributed by atoms with Crippen LogP contribution in [-0.4, -0.2) is 50.1 Å². The summed E-state index contributed by atoms with van der Waals surface area (Å²) in [4.78, 5) is 16.6. The molecule has 0 radical (unpaired) electrons. The Morgan fingerprint density at radius 1 is 1.35 bits per heavy atom. The molecule has 0 unspecified atom stereocenters. The van der Waals surface area contributed by atoms with Gasteiger partial charge in [-0.15, -0.1) is 0 Å². The van der Waals surface area contributed by atoms with Crippen LogP contribution in [0.5, 0.6) is 5.75 Å². The molecular weight excluding hydrogens is 330 g/mol. The van der Waals surface area contributed by atoms with Gasteiger partial charge in [-0.1, -0.05) is 12.1 Å². The quantitative estimate of drug-likeness (QED) is 0.826. The molecule has 26 heavy (non-hydrogen) atoms. The van der Waals surface area contributed by atoms with Crippen molar-refractivity contribution >= 4 is 11.6 Å². The minimum Gasteiger partial charge on any atom is -0.485 e. The second kappa shape index (κ2) is 8.27. The molecule has 0 saturated heterocycles. The Kier molecular flexibility index (Phi) is 5.83. The second-order valence-electron chi connectivity index (χ2n) is 6.75. The summed E-state index contributed by atoms with van der Waals surface area (Å²) in [6.45, 7) is 6.82. The van der Waals surface area contributed by atoms with E-state index < -0.39 is 0 Å². The van der Waals surface area contributed by atoms with Gasteiger partial charge in [0.15, 0.2) is 0 Å². The Balaban J connectivity index is 1.52. The zero-order valence-corrected chi connectivity index (χ0v) is 15.6. The van der Waals surface area contributed by atoms with Crippen molar-refractivity contribution in [1.29, 1.82) is 0 Å². The average molecular weight is 357 g/mol. The van der Waals surface area contributed by atoms with Crippen molar-refractivity contribution in [2.75, 3.05) is 38.1 Å². The monoisotopic (exact) mass is 357 g/mol. The smallest absolute Gasteiger partial charge is 0.234 e. The summed E-state index contributed by atoms with van der Waals surface area (Å²) >= 11 is 0. The number of hydrogen-bond acceptors (Lipinski definition) is 5. The molecule has 0 bridgehead atoms. The van der Waals surface area contributed by atoms with Gasteiger partial charge in [0.1, 0.15) is 17.6 Å². The van der Waals surface area contributed by atoms with Crippen LogP contribution < -0.4 is 15.0 Å². The Labute approximate surface area is 154 Å². The summed E-state index contributed by atoms with van der Waals surface area (Å²) in [5.41, 5.74) is 1.14. The fraction of sp³-hybridized carbons (Fsp3) is 0.450. The molecule has 1 N–H and O–H groups in total. The minimum atomic E-state index is -0.140. The summed E-state index contributed by atoms with van der Waals surface area (Å²) < 4.78 is 11.5. The van der Waals surface area contributed by atoms with E-state index in [4.69, 9.17) is 9.15 Å². The van der Waals surface area contributed by atoms with E-state index in [0.29, 0.717) is 13.1 Å². The third-order valence-electron chi connectivity index (χ3n) is 4.58. The van der Waals surface area contributed by atoms with E-state index >= 15 is 0 Å². The van der Waals surface area contributed by atoms with E-state index in [1.54, 1.807) is 6.26 Å². The normalized spacial score (nSPS) is 17.5. The van der Waals surface area contributed by atoms with Crippen molar-refractivity contribution in [2.45, 2.75) is 26.0 Å². The molecule has 1 aromatic heterocycles. The van der Waals surface area contributed by atoms with Crippen molar-refractivity contribution in [3.05, 3.63) is 48.4 Å². The van der Waals surface area contributed by atoms with Crippen LogP contribution >= 0.6 is 0 Å². The lowest BCUT2D eigenvalue weighted by Crippen LogP contribution is -2.47. The Morgan fingerprint density at radius 2 is 2.15 bits per heavy atom. The van der Waals surface area contributed by atoms with Gasteiger partial charge in [0.2, 0.25) is 5.91 Å². The number of para-hydroxylation sites is 2. The van der Waals surface area contributed by atoms with Gasteiger partial charge in [-0.2, -0.15) is 0 Å². The van der Waals surface area contributed by atoms with Gasteiger partial charge in [0, 0.05) is 13.1 Å². The maximum Gasteiger partial charge on any atom is 0.234 e. The number of ether oxygens (including phenoxy) is 1. The van der Waals surface area contributed by atoms with Crippen LogP contribution in [0.1, 0.15) is 25.6 Å². The third-order valence-corrected chi connectivity index (χ3v) is 4.58. The number of nitrogens with zero attached hydrogens (tertiary/aromatic N) is 2. The molecule has 0 spiro atoms. The van der Waals surface area contributed by atoms with Gasteiger partial charge < -0.3 is 19.4 Å². The van der Waals surface area contributed by atoms with Crippen molar-refractivity contribution in [3.8, 4) is 5.75 Å². The summed E-state index contributed by atoms with van der Waals surface area (Å²) in [6.07, 6.45) is 1.65. The number of carbonyl (C=O) groups excluding carboxylic acids is 1. The number of carbonyl (C=O) groups is 1. The SMILES string of the molecule is CCN1C[C@@H](CN(C)CC(=O)N[C@@H](C)c2ccco2)Oc2ccccc21. The molecule has 2 heterocycles. The predicted molar refractivity (Wildman–Crippen MR) is 102 cm³/mol. The predicted octanol–water partition coefficient (Wildman–Crippen LogP) is 2.68. The third kappa shape index (κ3) is 4.38. The van der Waals surface area contributed by atoms with Crippen molar-refractivity contribution < 1.29 is 13.9 Å². The number of amides is 1. The van der Waals surface area contributed by atoms with E-state index in [2.05, 4.69) is 23.2 Å². The average Bonchev–Trinajstić information content (AvgIpc) is 3.15. The molecule has 0 aliphatic carbocycles. The molecule has 1 amide bonds. The van der Waals surface area contributed by atoms with Gasteiger partial charge in [-0.25, -0.2) is 0 Å². The lowest BCUT2D eigenvalue weighted by atomic mass is 10.2. The molecule has 1 aliphatic heterocycles. The highest BCUT2D eigenvalue weighted by Crippen LogP contribution is 2.32. The molecule has 0 saturated carbocycles. The summed E-state index contributed by atoms with van der Waals surface area (Å²) in [5.74, 6) is 1.64. The van der Waals surface area contributed by atoms with Gasteiger partial charge in [-0.3, -0.25) is 9.69 Å². The molecule has 1 aliphatic rings. The molecule has 0 fully saturated rings. The summed E-state index contributed by atoms with van der Waals surface area (Å²) in [7, 11) is 1.94. The zero-order valence-electron chi connectivity index (χ0n) is 15.6. The highest BCUT2D eigenvalue weighted by Gasteiger charge is 2.26. The number of fused-ring (bicyclic) bond motifs is 1. The van der Waals surface area contributed by atoms with Crippen molar-refractivity contribution in [3.63, 3.8) is 0 Å². The highest BCUT2D eigenvalue weighted by atomic mass is 16.5. The second-order valence-corrected chi connectivity index (χ2v) is 6.75. The first-order valence-electron chi connectivity index (χ1n) is 9.08. The first-order chi connectivity index (χ1) is 12.6. The number of rotatable bonds is 7. The highest BCUT2D eigenvalue weighted by molar-refractivity contribution is 5.78. The zero-order chi connectivity index (χ0) is 18.5. The minimum absolute atomic E-state index is 0.0278. The topological polar surface area (TPSA) is 58.0 Å². The molecular formula is C20H27N3O3. The molecule has 2 aromatic rings. The number of nitrogens with one attached hydrogen (secondary N) is 1. The van der Waals surface area contributed by atoms with Gasteiger partial charge in [-0.05, 0) is 45.2 Å². The van der Waals surface area contributed by atoms with E-state index in [-0.39, 0.29) is 18.1 Å². The first-order valence-corrected chi connectivity index (χ1v) is 9.08. The molecule has 6 heteroatoms. The van der Waals surface area contributed by atoms with Crippen LogP contribution in [0.2, 0.25) is 0 Å². The fourth-order valence-electron chi connectivity index (χ4n) is 3.33. The van der Waals surface area contributed by atoms with Crippen LogP contribution in [0.4, 0.5) is 5.69 Å². The largest absolute Gasteiger partial charge is 0.485 e. The molecule has 2 atom stereocenters. The Morgan fingerprint density at radius 3 is 2.88 bits per heavy atom. The number of anilines is 1. The maximum absolute atomic E-state index is 12.3. The fourth-order valence-corrected chi connectivity index (χ4v) is 3.33. The lowest BCUT2D eigenvalue weighted by molar-refractivity contribution is -0.122. The van der Waals surface area contributed by atoms with Gasteiger partial charge in [0.25, 0.3) is 0 Å². The Bertz CT molecular complexity index is 717. The standard InChI is InChI=1S/C20H27N3O3/c1-4-23-13-16(26-19-9-6-5-8-17(19)23)12-22(3)14-20(24)21-15(2)18-10-7-11-25-18/h5-11,15-16H,4,12-14H2,1-3H3,(H,21,24)/t15-,16+/m0/s1. The van der Waals surface area contributed by atoms with Crippen LogP contribution in [0.3, 0.4) is 0 Å². The summed E-state index contributed by atoms with van der Waals surface area (Å²) in [5, 5.41) is 2.96. The maximum atomic E-state index is 12.3. The van der Waals surface area contributed by atoms with Crippen LogP contribution in [-0.2, 0) is 4.79 Å². The van der Waals surface area contributed by atoms with Crippen LogP contribution in [0.15, 0.2) is 47.1 Å². The number of benzene rings is 1. The van der Waals surface area contributed by atoms with E-state index in [9.17, 15) is 4.79 Å². The number of furan rings is 1. The van der Waals surface area contributed by atoms with Crippen LogP contribution in [0.25, 0.3) is 0 Å². The number of hydrogen-bond donors (Lipinski definition) is 1. The van der Waals surface area contributed by atoms with Gasteiger partial charge in [0.05, 0.1) is 31.1 Å². The number of likely N-dealkylation sites (N-methyl/N-ethyl adjacent to an activating group) is 2.